The number of allylic oxidation sites excluding steroid dienone is 5. The van der Waals surface area contributed by atoms with Crippen molar-refractivity contribution in [3.05, 3.63) is 36.5 Å². The van der Waals surface area contributed by atoms with Gasteiger partial charge < -0.3 is 20.3 Å². The van der Waals surface area contributed by atoms with Gasteiger partial charge in [0.15, 0.2) is 0 Å². The molecule has 0 bridgehead atoms. The Morgan fingerprint density at radius 2 is 0.686 bits per heavy atom. The summed E-state index contributed by atoms with van der Waals surface area (Å²) in [7, 11) is 0. The van der Waals surface area contributed by atoms with Crippen LogP contribution >= 0.6 is 0 Å². The maximum absolute atomic E-state index is 12.4. The molecule has 0 heterocycles. The molecule has 412 valence electrons. The number of hydrogen-bond donors (Lipinski definition) is 3. The maximum Gasteiger partial charge on any atom is 0.305 e. The van der Waals surface area contributed by atoms with Crippen molar-refractivity contribution in [3.8, 4) is 0 Å². The molecule has 2 unspecified atom stereocenters. The average Bonchev–Trinajstić information content (AvgIpc) is 3.36. The fraction of sp³-hybridized carbons (Fsp3) is 0.875. The molecule has 0 aromatic carbocycles. The van der Waals surface area contributed by atoms with E-state index in [0.29, 0.717) is 19.4 Å². The molecule has 0 spiro atoms. The topological polar surface area (TPSA) is 95.9 Å². The molecular weight excluding hydrogens is 863 g/mol. The van der Waals surface area contributed by atoms with Gasteiger partial charge in [-0.25, -0.2) is 0 Å². The lowest BCUT2D eigenvalue weighted by Crippen LogP contribution is -2.45. The summed E-state index contributed by atoms with van der Waals surface area (Å²) in [5.74, 6) is -0.0605. The van der Waals surface area contributed by atoms with Gasteiger partial charge in [0.1, 0.15) is 0 Å². The smallest absolute Gasteiger partial charge is 0.305 e. The maximum atomic E-state index is 12.4. The van der Waals surface area contributed by atoms with E-state index in [2.05, 4.69) is 43.5 Å². The molecule has 70 heavy (non-hydrogen) atoms. The van der Waals surface area contributed by atoms with Gasteiger partial charge in [-0.05, 0) is 77.0 Å². The Morgan fingerprint density at radius 3 is 1.06 bits per heavy atom. The number of unbranched alkanes of at least 4 members (excludes halogenated alkanes) is 43. The molecule has 0 saturated carbocycles. The van der Waals surface area contributed by atoms with Crippen LogP contribution in [0, 0.1) is 0 Å². The highest BCUT2D eigenvalue weighted by molar-refractivity contribution is 5.76. The van der Waals surface area contributed by atoms with Gasteiger partial charge in [-0.3, -0.25) is 9.59 Å². The Labute approximate surface area is 436 Å². The van der Waals surface area contributed by atoms with Gasteiger partial charge in [0.25, 0.3) is 0 Å². The fourth-order valence-electron chi connectivity index (χ4n) is 9.55. The summed E-state index contributed by atoms with van der Waals surface area (Å²) >= 11 is 0. The highest BCUT2D eigenvalue weighted by Gasteiger charge is 2.18. The van der Waals surface area contributed by atoms with Gasteiger partial charge in [-0.1, -0.05) is 281 Å². The standard InChI is InChI=1S/C64H121NO5/c1-3-5-7-9-11-13-36-40-44-48-52-56-62(67)61(60-66)65-63(68)57-53-49-45-41-38-34-32-30-28-26-24-22-20-18-16-15-17-19-21-23-25-27-29-31-33-35-39-43-47-51-55-59-70-64(69)58-54-50-46-42-37-14-12-10-8-6-4-2/h10,12,17,19,52,56,61-62,66-67H,3-9,11,13-16,18,20-51,53-55,57-60H2,1-2H3,(H,65,68)/b12-10-,19-17-,56-52+. The fourth-order valence-corrected chi connectivity index (χ4v) is 9.55. The predicted molar refractivity (Wildman–Crippen MR) is 306 cm³/mol. The predicted octanol–water partition coefficient (Wildman–Crippen LogP) is 19.6. The van der Waals surface area contributed by atoms with Gasteiger partial charge in [0.05, 0.1) is 25.4 Å². The largest absolute Gasteiger partial charge is 0.466 e. The van der Waals surface area contributed by atoms with Crippen LogP contribution in [-0.4, -0.2) is 47.4 Å². The lowest BCUT2D eigenvalue weighted by molar-refractivity contribution is -0.143. The van der Waals surface area contributed by atoms with Crippen LogP contribution < -0.4 is 5.32 Å². The number of rotatable bonds is 58. The molecule has 0 rings (SSSR count). The van der Waals surface area contributed by atoms with E-state index in [-0.39, 0.29) is 18.5 Å². The van der Waals surface area contributed by atoms with Crippen molar-refractivity contribution in [2.24, 2.45) is 0 Å². The minimum Gasteiger partial charge on any atom is -0.466 e. The molecule has 0 saturated heterocycles. The lowest BCUT2D eigenvalue weighted by atomic mass is 10.0. The van der Waals surface area contributed by atoms with Crippen LogP contribution in [0.1, 0.15) is 335 Å². The van der Waals surface area contributed by atoms with E-state index in [1.807, 2.05) is 6.08 Å². The van der Waals surface area contributed by atoms with E-state index < -0.39 is 12.1 Å². The zero-order valence-corrected chi connectivity index (χ0v) is 47.0. The van der Waals surface area contributed by atoms with Crippen molar-refractivity contribution < 1.29 is 24.5 Å². The number of amides is 1. The Balaban J connectivity index is 3.36. The van der Waals surface area contributed by atoms with Crippen LogP contribution in [0.3, 0.4) is 0 Å². The average molecular weight is 985 g/mol. The summed E-state index contributed by atoms with van der Waals surface area (Å²) in [5, 5.41) is 23.0. The van der Waals surface area contributed by atoms with E-state index in [0.717, 1.165) is 44.9 Å². The van der Waals surface area contributed by atoms with Crippen molar-refractivity contribution in [2.45, 2.75) is 347 Å². The quantitative estimate of drug-likeness (QED) is 0.0321. The molecular formula is C64H121NO5. The Kier molecular flexibility index (Phi) is 58.0. The van der Waals surface area contributed by atoms with Crippen LogP contribution in [-0.2, 0) is 14.3 Å². The number of aliphatic hydroxyl groups is 2. The summed E-state index contributed by atoms with van der Waals surface area (Å²) < 4.78 is 5.46. The minimum atomic E-state index is -0.841. The summed E-state index contributed by atoms with van der Waals surface area (Å²) in [6.07, 6.45) is 74.9. The Hall–Kier alpha value is -1.92. The van der Waals surface area contributed by atoms with Crippen molar-refractivity contribution >= 4 is 11.9 Å². The molecule has 0 aromatic heterocycles. The second-order valence-electron chi connectivity index (χ2n) is 21.4. The summed E-state index contributed by atoms with van der Waals surface area (Å²) in [4.78, 5) is 24.4. The van der Waals surface area contributed by atoms with Crippen LogP contribution in [0.5, 0.6) is 0 Å². The zero-order chi connectivity index (χ0) is 50.7. The van der Waals surface area contributed by atoms with Crippen molar-refractivity contribution in [3.63, 3.8) is 0 Å². The first-order chi connectivity index (χ1) is 34.5. The van der Waals surface area contributed by atoms with E-state index in [1.165, 1.54) is 263 Å². The molecule has 0 aromatic rings. The molecule has 0 aliphatic rings. The van der Waals surface area contributed by atoms with E-state index in [9.17, 15) is 19.8 Å². The first-order valence-corrected chi connectivity index (χ1v) is 31.3. The normalized spacial score (nSPS) is 12.8. The third-order valence-electron chi connectivity index (χ3n) is 14.4. The molecule has 6 nitrogen and oxygen atoms in total. The SMILES string of the molecule is CCCC/C=C\CCCCCCCC(=O)OCCCCCCCCCCCCCC/C=C\CCCCCCCCCCCCCCCCCC(=O)NC(CO)C(O)/C=C/CCCCCCCCCCC. The second-order valence-corrected chi connectivity index (χ2v) is 21.4. The number of hydrogen-bond acceptors (Lipinski definition) is 5. The van der Waals surface area contributed by atoms with Gasteiger partial charge in [0.2, 0.25) is 5.91 Å². The number of aliphatic hydroxyl groups excluding tert-OH is 2. The van der Waals surface area contributed by atoms with Gasteiger partial charge >= 0.3 is 5.97 Å². The molecule has 0 radical (unpaired) electrons. The zero-order valence-electron chi connectivity index (χ0n) is 47.0. The summed E-state index contributed by atoms with van der Waals surface area (Å²) in [6.45, 7) is 4.86. The van der Waals surface area contributed by atoms with Gasteiger partial charge in [-0.2, -0.15) is 0 Å². The number of carbonyl (C=O) groups excluding carboxylic acids is 2. The highest BCUT2D eigenvalue weighted by Crippen LogP contribution is 2.17. The molecule has 3 N–H and O–H groups in total. The molecule has 6 heteroatoms. The van der Waals surface area contributed by atoms with Crippen molar-refractivity contribution in [1.29, 1.82) is 0 Å². The molecule has 0 aliphatic carbocycles. The highest BCUT2D eigenvalue weighted by atomic mass is 16.5. The third-order valence-corrected chi connectivity index (χ3v) is 14.4. The van der Waals surface area contributed by atoms with Crippen LogP contribution in [0.4, 0.5) is 0 Å². The number of esters is 1. The minimum absolute atomic E-state index is 0.00602. The van der Waals surface area contributed by atoms with Crippen molar-refractivity contribution in [2.75, 3.05) is 13.2 Å². The van der Waals surface area contributed by atoms with Crippen LogP contribution in [0.15, 0.2) is 36.5 Å². The third kappa shape index (κ3) is 55.4. The van der Waals surface area contributed by atoms with Gasteiger partial charge in [0, 0.05) is 12.8 Å². The van der Waals surface area contributed by atoms with Gasteiger partial charge in [-0.15, -0.1) is 0 Å². The molecule has 1 amide bonds. The van der Waals surface area contributed by atoms with Crippen LogP contribution in [0.2, 0.25) is 0 Å². The number of ether oxygens (including phenoxy) is 1. The number of carbonyl (C=O) groups is 2. The second kappa shape index (κ2) is 59.6. The summed E-state index contributed by atoms with van der Waals surface area (Å²) in [5.41, 5.74) is 0. The molecule has 0 fully saturated rings. The lowest BCUT2D eigenvalue weighted by Gasteiger charge is -2.20. The molecule has 2 atom stereocenters. The Morgan fingerprint density at radius 1 is 0.386 bits per heavy atom. The van der Waals surface area contributed by atoms with E-state index >= 15 is 0 Å². The van der Waals surface area contributed by atoms with Crippen LogP contribution in [0.25, 0.3) is 0 Å². The first kappa shape index (κ1) is 68.1. The summed E-state index contributed by atoms with van der Waals surface area (Å²) in [6, 6.07) is -0.625. The molecule has 0 aliphatic heterocycles. The Bertz CT molecular complexity index is 1130. The number of nitrogens with one attached hydrogen (secondary N) is 1. The first-order valence-electron chi connectivity index (χ1n) is 31.3. The van der Waals surface area contributed by atoms with E-state index in [1.54, 1.807) is 6.08 Å². The van der Waals surface area contributed by atoms with Crippen molar-refractivity contribution in [1.82, 2.24) is 5.32 Å². The monoisotopic (exact) mass is 984 g/mol. The van der Waals surface area contributed by atoms with E-state index in [4.69, 9.17) is 4.74 Å².